The zero-order chi connectivity index (χ0) is 17.0. The van der Waals surface area contributed by atoms with E-state index < -0.39 is 23.4 Å². The highest BCUT2D eigenvalue weighted by Crippen LogP contribution is 2.19. The van der Waals surface area contributed by atoms with E-state index in [0.29, 0.717) is 11.8 Å². The Bertz CT molecular complexity index is 731. The highest BCUT2D eigenvalue weighted by molar-refractivity contribution is 7.09. The van der Waals surface area contributed by atoms with Gasteiger partial charge in [-0.2, -0.15) is 0 Å². The molecule has 2 amide bonds. The molecule has 2 rings (SSSR count). The third-order valence-electron chi connectivity index (χ3n) is 2.88. The van der Waals surface area contributed by atoms with Crippen LogP contribution in [-0.4, -0.2) is 16.8 Å². The Morgan fingerprint density at radius 2 is 2.00 bits per heavy atom. The second-order valence-electron chi connectivity index (χ2n) is 5.09. The van der Waals surface area contributed by atoms with Gasteiger partial charge >= 0.3 is 11.8 Å². The van der Waals surface area contributed by atoms with E-state index in [9.17, 15) is 18.4 Å². The number of hydrogen-bond acceptors (Lipinski definition) is 4. The molecule has 0 aliphatic heterocycles. The molecule has 0 saturated carbocycles. The maximum Gasteiger partial charge on any atom is 0.313 e. The fraction of sp³-hybridized carbons (Fsp3) is 0.267. The molecule has 1 heterocycles. The van der Waals surface area contributed by atoms with Gasteiger partial charge in [0.05, 0.1) is 22.9 Å². The molecule has 0 saturated heterocycles. The number of thiazole rings is 1. The summed E-state index contributed by atoms with van der Waals surface area (Å²) in [5, 5.41) is 7.22. The number of benzene rings is 1. The Morgan fingerprint density at radius 1 is 1.26 bits per heavy atom. The number of anilines is 1. The minimum atomic E-state index is -1.03. The lowest BCUT2D eigenvalue weighted by Crippen LogP contribution is -2.35. The predicted molar refractivity (Wildman–Crippen MR) is 83.0 cm³/mol. The first kappa shape index (κ1) is 17.0. The predicted octanol–water partition coefficient (Wildman–Crippen LogP) is 2.80. The van der Waals surface area contributed by atoms with Crippen molar-refractivity contribution in [3.05, 3.63) is 45.9 Å². The summed E-state index contributed by atoms with van der Waals surface area (Å²) in [6.07, 6.45) is 0. The first-order valence-electron chi connectivity index (χ1n) is 6.85. The molecule has 8 heteroatoms. The number of carbonyl (C=O) groups is 2. The number of rotatable bonds is 4. The van der Waals surface area contributed by atoms with E-state index in [2.05, 4.69) is 15.6 Å². The van der Waals surface area contributed by atoms with E-state index in [0.717, 1.165) is 17.1 Å². The van der Waals surface area contributed by atoms with Crippen LogP contribution in [0, 0.1) is 11.6 Å². The van der Waals surface area contributed by atoms with Gasteiger partial charge < -0.3 is 10.6 Å². The van der Waals surface area contributed by atoms with Gasteiger partial charge in [-0.05, 0) is 12.1 Å². The average molecular weight is 339 g/mol. The molecule has 122 valence electrons. The molecule has 5 nitrogen and oxygen atoms in total. The van der Waals surface area contributed by atoms with Crippen molar-refractivity contribution in [2.45, 2.75) is 26.3 Å². The number of hydrogen-bond donors (Lipinski definition) is 2. The van der Waals surface area contributed by atoms with Gasteiger partial charge in [-0.15, -0.1) is 11.3 Å². The summed E-state index contributed by atoms with van der Waals surface area (Å²) < 4.78 is 26.2. The summed E-state index contributed by atoms with van der Waals surface area (Å²) in [6.45, 7) is 4.11. The van der Waals surface area contributed by atoms with Crippen molar-refractivity contribution in [1.82, 2.24) is 10.3 Å². The highest BCUT2D eigenvalue weighted by Gasteiger charge is 2.16. The molecule has 0 bridgehead atoms. The standard InChI is InChI=1S/C15H15F2N3O2S/c1-8(2)15-19-10(7-23-15)6-18-13(21)14(22)20-12-4-3-9(16)5-11(12)17/h3-5,7-8H,6H2,1-2H3,(H,18,21)(H,20,22). The van der Waals surface area contributed by atoms with Crippen LogP contribution in [0.1, 0.15) is 30.5 Å². The molecular weight excluding hydrogens is 324 g/mol. The largest absolute Gasteiger partial charge is 0.342 e. The van der Waals surface area contributed by atoms with Gasteiger partial charge in [0.2, 0.25) is 0 Å². The zero-order valence-electron chi connectivity index (χ0n) is 12.5. The summed E-state index contributed by atoms with van der Waals surface area (Å²) in [7, 11) is 0. The Kier molecular flexibility index (Phi) is 5.38. The Hall–Kier alpha value is -2.35. The minimum absolute atomic E-state index is 0.0986. The normalized spacial score (nSPS) is 10.7. The van der Waals surface area contributed by atoms with Gasteiger partial charge in [0.15, 0.2) is 0 Å². The third kappa shape index (κ3) is 4.56. The van der Waals surface area contributed by atoms with Crippen LogP contribution in [0.5, 0.6) is 0 Å². The van der Waals surface area contributed by atoms with Crippen molar-refractivity contribution in [1.29, 1.82) is 0 Å². The molecule has 1 aromatic carbocycles. The van der Waals surface area contributed by atoms with E-state index in [-0.39, 0.29) is 18.2 Å². The number of aromatic nitrogens is 1. The molecule has 2 N–H and O–H groups in total. The number of nitrogens with one attached hydrogen (secondary N) is 2. The first-order chi connectivity index (χ1) is 10.9. The van der Waals surface area contributed by atoms with Crippen molar-refractivity contribution in [3.8, 4) is 0 Å². The number of nitrogens with zero attached hydrogens (tertiary/aromatic N) is 1. The van der Waals surface area contributed by atoms with Gasteiger partial charge in [0.25, 0.3) is 0 Å². The Labute approximate surface area is 135 Å². The molecule has 0 unspecified atom stereocenters. The fourth-order valence-corrected chi connectivity index (χ4v) is 2.53. The molecule has 0 aliphatic rings. The Morgan fingerprint density at radius 3 is 2.61 bits per heavy atom. The van der Waals surface area contributed by atoms with Crippen LogP contribution < -0.4 is 10.6 Å². The molecule has 2 aromatic rings. The fourth-order valence-electron chi connectivity index (χ4n) is 1.69. The van der Waals surface area contributed by atoms with Gasteiger partial charge in [-0.25, -0.2) is 13.8 Å². The molecule has 0 fully saturated rings. The van der Waals surface area contributed by atoms with E-state index in [1.54, 1.807) is 5.38 Å². The van der Waals surface area contributed by atoms with E-state index in [1.165, 1.54) is 11.3 Å². The van der Waals surface area contributed by atoms with Crippen molar-refractivity contribution >= 4 is 28.8 Å². The Balaban J connectivity index is 1.90. The van der Waals surface area contributed by atoms with Crippen molar-refractivity contribution in [3.63, 3.8) is 0 Å². The van der Waals surface area contributed by atoms with Crippen LogP contribution in [0.3, 0.4) is 0 Å². The van der Waals surface area contributed by atoms with Crippen LogP contribution in [0.15, 0.2) is 23.6 Å². The number of amides is 2. The lowest BCUT2D eigenvalue weighted by Gasteiger charge is -2.06. The molecule has 0 spiro atoms. The number of carbonyl (C=O) groups excluding carboxylic acids is 2. The molecule has 0 radical (unpaired) electrons. The first-order valence-corrected chi connectivity index (χ1v) is 7.73. The smallest absolute Gasteiger partial charge is 0.313 e. The molecule has 23 heavy (non-hydrogen) atoms. The van der Waals surface area contributed by atoms with E-state index in [4.69, 9.17) is 0 Å². The summed E-state index contributed by atoms with van der Waals surface area (Å²) in [5.41, 5.74) is 0.384. The second kappa shape index (κ2) is 7.28. The molecular formula is C15H15F2N3O2S. The van der Waals surface area contributed by atoms with Crippen molar-refractivity contribution < 1.29 is 18.4 Å². The maximum absolute atomic E-state index is 13.4. The lowest BCUT2D eigenvalue weighted by molar-refractivity contribution is -0.136. The van der Waals surface area contributed by atoms with Gasteiger partial charge in [-0.3, -0.25) is 9.59 Å². The van der Waals surface area contributed by atoms with Gasteiger partial charge in [0, 0.05) is 17.4 Å². The summed E-state index contributed by atoms with van der Waals surface area (Å²) in [4.78, 5) is 27.7. The minimum Gasteiger partial charge on any atom is -0.342 e. The quantitative estimate of drug-likeness (QED) is 0.842. The van der Waals surface area contributed by atoms with Crippen LogP contribution in [-0.2, 0) is 16.1 Å². The van der Waals surface area contributed by atoms with Crippen LogP contribution in [0.2, 0.25) is 0 Å². The van der Waals surface area contributed by atoms with Crippen LogP contribution in [0.4, 0.5) is 14.5 Å². The number of halogens is 2. The third-order valence-corrected chi connectivity index (χ3v) is 4.07. The van der Waals surface area contributed by atoms with Gasteiger partial charge in [0.1, 0.15) is 11.6 Å². The summed E-state index contributed by atoms with van der Waals surface area (Å²) >= 11 is 1.48. The second-order valence-corrected chi connectivity index (χ2v) is 5.98. The average Bonchev–Trinajstić information content (AvgIpc) is 2.96. The summed E-state index contributed by atoms with van der Waals surface area (Å²) in [5.74, 6) is -3.39. The SMILES string of the molecule is CC(C)c1nc(CNC(=O)C(=O)Nc2ccc(F)cc2F)cs1. The van der Waals surface area contributed by atoms with Crippen molar-refractivity contribution in [2.75, 3.05) is 5.32 Å². The van der Waals surface area contributed by atoms with Crippen molar-refractivity contribution in [2.24, 2.45) is 0 Å². The van der Waals surface area contributed by atoms with Gasteiger partial charge in [-0.1, -0.05) is 13.8 Å². The molecule has 0 atom stereocenters. The van der Waals surface area contributed by atoms with Crippen LogP contribution >= 0.6 is 11.3 Å². The summed E-state index contributed by atoms with van der Waals surface area (Å²) in [6, 6.07) is 2.65. The molecule has 0 aliphatic carbocycles. The topological polar surface area (TPSA) is 71.1 Å². The monoisotopic (exact) mass is 339 g/mol. The van der Waals surface area contributed by atoms with E-state index in [1.807, 2.05) is 13.8 Å². The highest BCUT2D eigenvalue weighted by atomic mass is 32.1. The molecule has 1 aromatic heterocycles. The lowest BCUT2D eigenvalue weighted by atomic mass is 10.2. The zero-order valence-corrected chi connectivity index (χ0v) is 13.3. The van der Waals surface area contributed by atoms with Crippen LogP contribution in [0.25, 0.3) is 0 Å². The maximum atomic E-state index is 13.4. The van der Waals surface area contributed by atoms with E-state index >= 15 is 0 Å².